The second-order valence-electron chi connectivity index (χ2n) is 7.72. The van der Waals surface area contributed by atoms with Crippen LogP contribution in [0.3, 0.4) is 0 Å². The van der Waals surface area contributed by atoms with Crippen LogP contribution in [0.5, 0.6) is 0 Å². The molecule has 0 radical (unpaired) electrons. The third kappa shape index (κ3) is 3.65. The summed E-state index contributed by atoms with van der Waals surface area (Å²) in [6, 6.07) is 32.9. The summed E-state index contributed by atoms with van der Waals surface area (Å²) in [6.45, 7) is 6.50. The quantitative estimate of drug-likeness (QED) is 0.287. The first-order valence-corrected chi connectivity index (χ1v) is 11.3. The van der Waals surface area contributed by atoms with Gasteiger partial charge in [-0.2, -0.15) is 0 Å². The molecule has 3 heteroatoms. The Kier molecular flexibility index (Phi) is 5.42. The molecule has 0 aliphatic carbocycles. The van der Waals surface area contributed by atoms with E-state index in [0.717, 1.165) is 54.5 Å². The number of fused-ring (bicyclic) bond motifs is 1. The number of amidine groups is 1. The maximum absolute atomic E-state index is 5.14. The Bertz CT molecular complexity index is 1430. The van der Waals surface area contributed by atoms with Gasteiger partial charge in [0, 0.05) is 21.2 Å². The number of rotatable bonds is 3. The van der Waals surface area contributed by atoms with Gasteiger partial charge in [-0.15, -0.1) is 0 Å². The van der Waals surface area contributed by atoms with Gasteiger partial charge in [0.2, 0.25) is 0 Å². The van der Waals surface area contributed by atoms with Crippen molar-refractivity contribution in [3.8, 4) is 0 Å². The van der Waals surface area contributed by atoms with Crippen molar-refractivity contribution < 1.29 is 0 Å². The van der Waals surface area contributed by atoms with E-state index in [2.05, 4.69) is 84.0 Å². The van der Waals surface area contributed by atoms with E-state index in [0.29, 0.717) is 5.84 Å². The Hall–Kier alpha value is -3.56. The zero-order valence-corrected chi connectivity index (χ0v) is 19.3. The van der Waals surface area contributed by atoms with Crippen LogP contribution in [-0.2, 0) is 0 Å². The zero-order chi connectivity index (χ0) is 22.1. The molecule has 5 rings (SSSR count). The fraction of sp³-hybridized carbons (Fsp3) is 0.0345. The fourth-order valence-electron chi connectivity index (χ4n) is 4.00. The molecule has 0 saturated heterocycles. The van der Waals surface area contributed by atoms with Gasteiger partial charge in [0.15, 0.2) is 5.84 Å². The molecular formula is C29H21BrN2. The summed E-state index contributed by atoms with van der Waals surface area (Å²) in [7, 11) is 0. The van der Waals surface area contributed by atoms with Gasteiger partial charge in [-0.3, -0.25) is 0 Å². The van der Waals surface area contributed by atoms with Crippen LogP contribution in [0, 0.1) is 0 Å². The van der Waals surface area contributed by atoms with E-state index in [4.69, 9.17) is 9.98 Å². The second kappa shape index (κ2) is 8.52. The number of hydrogen-bond acceptors (Lipinski definition) is 2. The van der Waals surface area contributed by atoms with Crippen LogP contribution in [0.15, 0.2) is 129 Å². The van der Waals surface area contributed by atoms with E-state index >= 15 is 0 Å². The first-order chi connectivity index (χ1) is 15.6. The molecule has 1 heterocycles. The maximum Gasteiger partial charge on any atom is 0.161 e. The lowest BCUT2D eigenvalue weighted by Gasteiger charge is -2.11. The van der Waals surface area contributed by atoms with Crippen LogP contribution < -0.4 is 0 Å². The van der Waals surface area contributed by atoms with Gasteiger partial charge in [0.25, 0.3) is 0 Å². The van der Waals surface area contributed by atoms with Crippen LogP contribution >= 0.6 is 15.9 Å². The minimum atomic E-state index is 0.685. The Balaban J connectivity index is 1.82. The number of allylic oxidation sites excluding steroid dienone is 2. The molecule has 0 aromatic heterocycles. The van der Waals surface area contributed by atoms with Crippen LogP contribution in [0.2, 0.25) is 0 Å². The van der Waals surface area contributed by atoms with E-state index in [1.807, 2.05) is 42.5 Å². The van der Waals surface area contributed by atoms with Gasteiger partial charge in [0.1, 0.15) is 0 Å². The predicted molar refractivity (Wildman–Crippen MR) is 139 cm³/mol. The third-order valence-electron chi connectivity index (χ3n) is 5.74. The molecule has 1 aliphatic rings. The molecule has 0 unspecified atom stereocenters. The van der Waals surface area contributed by atoms with Crippen LogP contribution in [-0.4, -0.2) is 11.5 Å². The molecule has 4 aromatic carbocycles. The van der Waals surface area contributed by atoms with Crippen molar-refractivity contribution in [3.05, 3.63) is 136 Å². The molecule has 0 atom stereocenters. The summed E-state index contributed by atoms with van der Waals surface area (Å²) < 4.78 is 1.05. The minimum Gasteiger partial charge on any atom is -0.228 e. The van der Waals surface area contributed by atoms with Gasteiger partial charge in [0.05, 0.1) is 11.4 Å². The topological polar surface area (TPSA) is 24.7 Å². The molecule has 2 nitrogen and oxygen atoms in total. The van der Waals surface area contributed by atoms with Crippen molar-refractivity contribution in [1.29, 1.82) is 0 Å². The van der Waals surface area contributed by atoms with E-state index < -0.39 is 0 Å². The normalized spacial score (nSPS) is 14.2. The highest BCUT2D eigenvalue weighted by atomic mass is 79.9. The average Bonchev–Trinajstić information content (AvgIpc) is 2.97. The molecule has 0 fully saturated rings. The molecule has 0 amide bonds. The number of aliphatic imine (C=N–C) groups is 2. The molecule has 4 aromatic rings. The van der Waals surface area contributed by atoms with E-state index in [1.54, 1.807) is 0 Å². The lowest BCUT2D eigenvalue weighted by Crippen LogP contribution is -2.08. The Morgan fingerprint density at radius 3 is 1.94 bits per heavy atom. The van der Waals surface area contributed by atoms with Crippen molar-refractivity contribution >= 4 is 43.9 Å². The van der Waals surface area contributed by atoms with Gasteiger partial charge in [-0.05, 0) is 41.0 Å². The SMILES string of the molecule is C=C1C(c2ccccc2)=NC(c2ccc(Br)c3ccccc23)=NC(c2ccccc2)=C1C. The van der Waals surface area contributed by atoms with Gasteiger partial charge < -0.3 is 0 Å². The Labute approximate surface area is 196 Å². The molecule has 0 saturated carbocycles. The maximum atomic E-state index is 5.14. The summed E-state index contributed by atoms with van der Waals surface area (Å²) in [5.41, 5.74) is 6.72. The zero-order valence-electron chi connectivity index (χ0n) is 17.7. The van der Waals surface area contributed by atoms with E-state index in [1.165, 1.54) is 0 Å². The van der Waals surface area contributed by atoms with E-state index in [9.17, 15) is 0 Å². The van der Waals surface area contributed by atoms with Gasteiger partial charge in [-0.25, -0.2) is 9.98 Å². The second-order valence-corrected chi connectivity index (χ2v) is 8.57. The lowest BCUT2D eigenvalue weighted by molar-refractivity contribution is 1.39. The summed E-state index contributed by atoms with van der Waals surface area (Å²) >= 11 is 3.69. The molecule has 1 aliphatic heterocycles. The van der Waals surface area contributed by atoms with E-state index in [-0.39, 0.29) is 0 Å². The summed E-state index contributed by atoms with van der Waals surface area (Å²) in [4.78, 5) is 10.2. The molecule has 0 spiro atoms. The Morgan fingerprint density at radius 1 is 0.656 bits per heavy atom. The summed E-state index contributed by atoms with van der Waals surface area (Å²) in [5.74, 6) is 0.685. The van der Waals surface area contributed by atoms with Gasteiger partial charge >= 0.3 is 0 Å². The van der Waals surface area contributed by atoms with Crippen molar-refractivity contribution in [2.45, 2.75) is 6.92 Å². The summed E-state index contributed by atoms with van der Waals surface area (Å²) in [6.07, 6.45) is 0. The number of halogens is 1. The number of benzene rings is 4. The van der Waals surface area contributed by atoms with Crippen molar-refractivity contribution in [3.63, 3.8) is 0 Å². The fourth-order valence-corrected chi connectivity index (χ4v) is 4.48. The smallest absolute Gasteiger partial charge is 0.161 e. The standard InChI is InChI=1S/C29H21BrN2/c1-19-20(2)28(22-13-7-4-8-14-22)32-29(31-27(19)21-11-5-3-6-12-21)25-17-18-26(30)24-16-10-9-15-23(24)25/h3-18H,1H2,2H3. The lowest BCUT2D eigenvalue weighted by atomic mass is 9.95. The van der Waals surface area contributed by atoms with Crippen molar-refractivity contribution in [2.75, 3.05) is 0 Å². The van der Waals surface area contributed by atoms with Crippen molar-refractivity contribution in [2.24, 2.45) is 9.98 Å². The Morgan fingerprint density at radius 2 is 1.25 bits per heavy atom. The first-order valence-electron chi connectivity index (χ1n) is 10.5. The minimum absolute atomic E-state index is 0.685. The monoisotopic (exact) mass is 476 g/mol. The summed E-state index contributed by atoms with van der Waals surface area (Å²) in [5, 5.41) is 2.24. The van der Waals surface area contributed by atoms with Crippen LogP contribution in [0.4, 0.5) is 0 Å². The first kappa shape index (κ1) is 20.3. The highest BCUT2D eigenvalue weighted by Crippen LogP contribution is 2.33. The average molecular weight is 477 g/mol. The van der Waals surface area contributed by atoms with Crippen molar-refractivity contribution in [1.82, 2.24) is 0 Å². The third-order valence-corrected chi connectivity index (χ3v) is 6.43. The van der Waals surface area contributed by atoms with Gasteiger partial charge in [-0.1, -0.05) is 107 Å². The highest BCUT2D eigenvalue weighted by molar-refractivity contribution is 9.10. The molecular weight excluding hydrogens is 456 g/mol. The highest BCUT2D eigenvalue weighted by Gasteiger charge is 2.21. The number of nitrogens with zero attached hydrogens (tertiary/aromatic N) is 2. The number of hydrogen-bond donors (Lipinski definition) is 0. The molecule has 0 bridgehead atoms. The predicted octanol–water partition coefficient (Wildman–Crippen LogP) is 7.84. The molecule has 32 heavy (non-hydrogen) atoms. The largest absolute Gasteiger partial charge is 0.228 e. The molecule has 0 N–H and O–H groups in total. The van der Waals surface area contributed by atoms with Crippen LogP contribution in [0.1, 0.15) is 23.6 Å². The molecule has 154 valence electrons. The van der Waals surface area contributed by atoms with Crippen LogP contribution in [0.25, 0.3) is 16.5 Å².